The summed E-state index contributed by atoms with van der Waals surface area (Å²) in [6.45, 7) is 8.33. The van der Waals surface area contributed by atoms with E-state index in [1.807, 2.05) is 27.0 Å². The van der Waals surface area contributed by atoms with Gasteiger partial charge in [-0.15, -0.1) is 11.3 Å². The minimum atomic E-state index is -0.787. The predicted octanol–water partition coefficient (Wildman–Crippen LogP) is 3.37. The zero-order valence-electron chi connectivity index (χ0n) is 18.0. The highest BCUT2D eigenvalue weighted by atomic mass is 32.1. The molecule has 29 heavy (non-hydrogen) atoms. The van der Waals surface area contributed by atoms with Crippen molar-refractivity contribution in [1.29, 1.82) is 0 Å². The number of carbonyl (C=O) groups excluding carboxylic acids is 2. The van der Waals surface area contributed by atoms with Crippen LogP contribution in [0.1, 0.15) is 64.2 Å². The first kappa shape index (κ1) is 22.0. The van der Waals surface area contributed by atoms with Crippen LogP contribution in [0.3, 0.4) is 0 Å². The minimum Gasteiger partial charge on any atom is -0.469 e. The van der Waals surface area contributed by atoms with E-state index in [1.165, 1.54) is 13.5 Å². The number of likely N-dealkylation sites (tertiary alicyclic amines) is 1. The van der Waals surface area contributed by atoms with Gasteiger partial charge in [-0.25, -0.2) is 9.78 Å². The lowest BCUT2D eigenvalue weighted by Gasteiger charge is -2.47. The van der Waals surface area contributed by atoms with E-state index < -0.39 is 11.3 Å². The van der Waals surface area contributed by atoms with Crippen LogP contribution in [-0.4, -0.2) is 59.8 Å². The van der Waals surface area contributed by atoms with Gasteiger partial charge in [-0.1, -0.05) is 6.42 Å². The number of rotatable bonds is 6. The molecule has 0 saturated carbocycles. The fourth-order valence-electron chi connectivity index (χ4n) is 4.22. The number of aromatic nitrogens is 1. The van der Waals surface area contributed by atoms with E-state index in [9.17, 15) is 9.59 Å². The molecule has 0 aromatic carbocycles. The summed E-state index contributed by atoms with van der Waals surface area (Å²) >= 11 is 1.56. The number of nitrogens with zero attached hydrogens (tertiary/aromatic N) is 3. The number of esters is 2. The second kappa shape index (κ2) is 9.00. The number of ether oxygens (including phenoxy) is 2. The van der Waals surface area contributed by atoms with Crippen molar-refractivity contribution < 1.29 is 19.1 Å². The fraction of sp³-hybridized carbons (Fsp3) is 0.762. The van der Waals surface area contributed by atoms with Gasteiger partial charge in [0.25, 0.3) is 0 Å². The van der Waals surface area contributed by atoms with Gasteiger partial charge in [0.15, 0.2) is 10.8 Å². The number of hydrogen-bond acceptors (Lipinski definition) is 8. The van der Waals surface area contributed by atoms with Gasteiger partial charge in [0.05, 0.1) is 13.5 Å². The Bertz CT molecular complexity index is 724. The summed E-state index contributed by atoms with van der Waals surface area (Å²) in [5.41, 5.74) is -1.33. The molecule has 3 heterocycles. The standard InChI is InChI=1S/C21H33N3O4S/c1-20(2,3)28-18(26)21(23-12-6-5-7-13-23)11-8-14-24(21)19-22-15-16(29-19)9-10-17(25)27-4/h15H,5-14H2,1-4H3/t21-/m0/s1. The largest absolute Gasteiger partial charge is 0.469 e. The van der Waals surface area contributed by atoms with Crippen LogP contribution in [0.2, 0.25) is 0 Å². The summed E-state index contributed by atoms with van der Waals surface area (Å²) in [7, 11) is 1.40. The van der Waals surface area contributed by atoms with Crippen LogP contribution in [0.25, 0.3) is 0 Å². The van der Waals surface area contributed by atoms with E-state index >= 15 is 0 Å². The number of hydrogen-bond donors (Lipinski definition) is 0. The number of piperidine rings is 1. The van der Waals surface area contributed by atoms with Gasteiger partial charge >= 0.3 is 11.9 Å². The molecule has 2 fully saturated rings. The molecular weight excluding hydrogens is 390 g/mol. The third-order valence-corrected chi connectivity index (χ3v) is 6.61. The average Bonchev–Trinajstić information content (AvgIpc) is 3.32. The van der Waals surface area contributed by atoms with Crippen LogP contribution in [0.15, 0.2) is 6.20 Å². The highest BCUT2D eigenvalue weighted by Gasteiger charge is 2.55. The second-order valence-corrected chi connectivity index (χ2v) is 9.90. The average molecular weight is 424 g/mol. The maximum Gasteiger partial charge on any atom is 0.348 e. The first-order valence-corrected chi connectivity index (χ1v) is 11.4. The topological polar surface area (TPSA) is 72.0 Å². The fourth-order valence-corrected chi connectivity index (χ4v) is 5.22. The molecule has 0 aliphatic carbocycles. The highest BCUT2D eigenvalue weighted by molar-refractivity contribution is 7.15. The van der Waals surface area contributed by atoms with Gasteiger partial charge in [-0.2, -0.15) is 0 Å². The summed E-state index contributed by atoms with van der Waals surface area (Å²) in [4.78, 5) is 35.1. The Balaban J connectivity index is 1.88. The van der Waals surface area contributed by atoms with Crippen molar-refractivity contribution in [2.24, 2.45) is 0 Å². The molecule has 1 aromatic heterocycles. The second-order valence-electron chi connectivity index (χ2n) is 8.81. The first-order chi connectivity index (χ1) is 13.8. The Kier molecular flexibility index (Phi) is 6.83. The normalized spacial score (nSPS) is 23.2. The van der Waals surface area contributed by atoms with E-state index in [2.05, 4.69) is 14.8 Å². The first-order valence-electron chi connectivity index (χ1n) is 10.5. The molecule has 2 aliphatic rings. The minimum absolute atomic E-state index is 0.171. The zero-order valence-corrected chi connectivity index (χ0v) is 18.8. The molecule has 162 valence electrons. The Labute approximate surface area is 177 Å². The summed E-state index contributed by atoms with van der Waals surface area (Å²) < 4.78 is 10.7. The van der Waals surface area contributed by atoms with Crippen LogP contribution >= 0.6 is 11.3 Å². The smallest absolute Gasteiger partial charge is 0.348 e. The van der Waals surface area contributed by atoms with Crippen molar-refractivity contribution in [3.05, 3.63) is 11.1 Å². The van der Waals surface area contributed by atoms with Gasteiger partial charge in [-0.3, -0.25) is 9.69 Å². The summed E-state index contributed by atoms with van der Waals surface area (Å²) in [5, 5.41) is 0.832. The van der Waals surface area contributed by atoms with Crippen molar-refractivity contribution in [2.45, 2.75) is 77.0 Å². The lowest BCUT2D eigenvalue weighted by atomic mass is 10.00. The SMILES string of the molecule is COC(=O)CCc1cnc(N2CCC[C@]2(C(=O)OC(C)(C)C)N2CCCCC2)s1. The van der Waals surface area contributed by atoms with Crippen molar-refractivity contribution in [1.82, 2.24) is 9.88 Å². The quantitative estimate of drug-likeness (QED) is 0.650. The molecule has 2 saturated heterocycles. The lowest BCUT2D eigenvalue weighted by molar-refractivity contribution is -0.170. The van der Waals surface area contributed by atoms with Crippen LogP contribution in [0, 0.1) is 0 Å². The van der Waals surface area contributed by atoms with E-state index in [0.29, 0.717) is 12.8 Å². The van der Waals surface area contributed by atoms with Crippen molar-refractivity contribution in [3.63, 3.8) is 0 Å². The van der Waals surface area contributed by atoms with E-state index in [-0.39, 0.29) is 11.9 Å². The molecule has 2 aliphatic heterocycles. The number of anilines is 1. The predicted molar refractivity (Wildman–Crippen MR) is 113 cm³/mol. The third kappa shape index (κ3) is 4.91. The molecular formula is C21H33N3O4S. The van der Waals surface area contributed by atoms with Crippen LogP contribution in [0.5, 0.6) is 0 Å². The number of aryl methyl sites for hydroxylation is 1. The Morgan fingerprint density at radius 1 is 1.17 bits per heavy atom. The molecule has 0 amide bonds. The lowest BCUT2D eigenvalue weighted by Crippen LogP contribution is -2.65. The van der Waals surface area contributed by atoms with Crippen molar-refractivity contribution >= 4 is 28.4 Å². The van der Waals surface area contributed by atoms with Gasteiger partial charge in [0.2, 0.25) is 0 Å². The zero-order chi connectivity index (χ0) is 21.1. The van der Waals surface area contributed by atoms with Gasteiger partial charge in [0, 0.05) is 30.7 Å². The number of thiazole rings is 1. The highest BCUT2D eigenvalue weighted by Crippen LogP contribution is 2.41. The molecule has 3 rings (SSSR count). The van der Waals surface area contributed by atoms with Crippen LogP contribution < -0.4 is 4.90 Å². The maximum atomic E-state index is 13.5. The van der Waals surface area contributed by atoms with E-state index in [4.69, 9.17) is 9.47 Å². The summed E-state index contributed by atoms with van der Waals surface area (Å²) in [6.07, 6.45) is 7.82. The number of carbonyl (C=O) groups is 2. The van der Waals surface area contributed by atoms with E-state index in [1.54, 1.807) is 11.3 Å². The molecule has 1 aromatic rings. The monoisotopic (exact) mass is 423 g/mol. The molecule has 0 N–H and O–H groups in total. The summed E-state index contributed by atoms with van der Waals surface area (Å²) in [5.74, 6) is -0.395. The molecule has 8 heteroatoms. The maximum absolute atomic E-state index is 13.5. The van der Waals surface area contributed by atoms with Crippen LogP contribution in [-0.2, 0) is 25.5 Å². The molecule has 0 radical (unpaired) electrons. The molecule has 0 bridgehead atoms. The Hall–Kier alpha value is -1.67. The Morgan fingerprint density at radius 3 is 2.55 bits per heavy atom. The van der Waals surface area contributed by atoms with E-state index in [0.717, 1.165) is 55.3 Å². The van der Waals surface area contributed by atoms with Gasteiger partial charge < -0.3 is 14.4 Å². The molecule has 0 spiro atoms. The molecule has 1 atom stereocenters. The molecule has 0 unspecified atom stereocenters. The van der Waals surface area contributed by atoms with Gasteiger partial charge in [-0.05, 0) is 52.9 Å². The third-order valence-electron chi connectivity index (χ3n) is 5.53. The van der Waals surface area contributed by atoms with Crippen LogP contribution in [0.4, 0.5) is 5.13 Å². The number of methoxy groups -OCH3 is 1. The summed E-state index contributed by atoms with van der Waals surface area (Å²) in [6, 6.07) is 0. The van der Waals surface area contributed by atoms with Crippen molar-refractivity contribution in [3.8, 4) is 0 Å². The Morgan fingerprint density at radius 2 is 1.90 bits per heavy atom. The van der Waals surface area contributed by atoms with Gasteiger partial charge in [0.1, 0.15) is 5.60 Å². The van der Waals surface area contributed by atoms with Crippen molar-refractivity contribution in [2.75, 3.05) is 31.6 Å². The molecule has 7 nitrogen and oxygen atoms in total.